The zero-order valence-corrected chi connectivity index (χ0v) is 19.3. The number of piperidine rings is 1. The fourth-order valence-electron chi connectivity index (χ4n) is 3.46. The molecular formula is C19H37IN6. The van der Waals surface area contributed by atoms with Crippen LogP contribution in [0.15, 0.2) is 11.1 Å². The van der Waals surface area contributed by atoms with Crippen LogP contribution in [0.2, 0.25) is 0 Å². The molecule has 2 N–H and O–H groups in total. The lowest BCUT2D eigenvalue weighted by Crippen LogP contribution is -2.45. The number of hydrogen-bond acceptors (Lipinski definition) is 3. The Morgan fingerprint density at radius 3 is 2.73 bits per heavy atom. The molecule has 0 aliphatic carbocycles. The van der Waals surface area contributed by atoms with Crippen LogP contribution < -0.4 is 10.6 Å². The van der Waals surface area contributed by atoms with E-state index in [2.05, 4.69) is 52.2 Å². The highest BCUT2D eigenvalue weighted by Gasteiger charge is 2.17. The standard InChI is InChI=1S/C19H36N6.HI/c1-5-20-19(22-11-14-24-12-7-6-9-17(24)3)21-10-8-13-25-18(4)15-16(2)23-25;/h15,17H,5-14H2,1-4H3,(H2,20,21,22);1H. The van der Waals surface area contributed by atoms with Gasteiger partial charge in [0.1, 0.15) is 0 Å². The van der Waals surface area contributed by atoms with Gasteiger partial charge < -0.3 is 10.6 Å². The number of nitrogens with one attached hydrogen (secondary N) is 2. The predicted octanol–water partition coefficient (Wildman–Crippen LogP) is 2.94. The van der Waals surface area contributed by atoms with Gasteiger partial charge >= 0.3 is 0 Å². The van der Waals surface area contributed by atoms with Gasteiger partial charge in [0.05, 0.1) is 5.69 Å². The Balaban J connectivity index is 0.00000338. The third kappa shape index (κ3) is 7.82. The molecule has 1 aliphatic heterocycles. The monoisotopic (exact) mass is 476 g/mol. The molecule has 1 atom stereocenters. The maximum atomic E-state index is 4.70. The van der Waals surface area contributed by atoms with Crippen molar-refractivity contribution in [3.8, 4) is 0 Å². The molecule has 1 aliphatic rings. The van der Waals surface area contributed by atoms with Crippen molar-refractivity contribution in [3.63, 3.8) is 0 Å². The second kappa shape index (κ2) is 12.5. The maximum Gasteiger partial charge on any atom is 0.191 e. The number of likely N-dealkylation sites (tertiary alicyclic amines) is 1. The number of aryl methyl sites for hydroxylation is 3. The van der Waals surface area contributed by atoms with Crippen LogP contribution in [0.3, 0.4) is 0 Å². The summed E-state index contributed by atoms with van der Waals surface area (Å²) < 4.78 is 2.07. The average molecular weight is 476 g/mol. The van der Waals surface area contributed by atoms with E-state index in [1.54, 1.807) is 0 Å². The first kappa shape index (κ1) is 23.2. The lowest BCUT2D eigenvalue weighted by Gasteiger charge is -2.33. The summed E-state index contributed by atoms with van der Waals surface area (Å²) >= 11 is 0. The number of nitrogens with zero attached hydrogens (tertiary/aromatic N) is 4. The first-order valence-corrected chi connectivity index (χ1v) is 9.87. The first-order chi connectivity index (χ1) is 12.1. The van der Waals surface area contributed by atoms with Gasteiger partial charge in [-0.3, -0.25) is 14.6 Å². The van der Waals surface area contributed by atoms with Crippen LogP contribution in [-0.4, -0.2) is 59.4 Å². The second-order valence-corrected chi connectivity index (χ2v) is 7.07. The van der Waals surface area contributed by atoms with Crippen molar-refractivity contribution in [2.24, 2.45) is 4.99 Å². The number of aromatic nitrogens is 2. The smallest absolute Gasteiger partial charge is 0.191 e. The summed E-state index contributed by atoms with van der Waals surface area (Å²) in [5.74, 6) is 0.931. The van der Waals surface area contributed by atoms with Gasteiger partial charge in [-0.15, -0.1) is 24.0 Å². The lowest BCUT2D eigenvalue weighted by molar-refractivity contribution is 0.163. The van der Waals surface area contributed by atoms with Gasteiger partial charge in [-0.05, 0) is 59.6 Å². The quantitative estimate of drug-likeness (QED) is 0.262. The minimum Gasteiger partial charge on any atom is -0.357 e. The summed E-state index contributed by atoms with van der Waals surface area (Å²) in [4.78, 5) is 7.29. The van der Waals surface area contributed by atoms with E-state index < -0.39 is 0 Å². The fourth-order valence-corrected chi connectivity index (χ4v) is 3.46. The minimum absolute atomic E-state index is 0. The van der Waals surface area contributed by atoms with E-state index in [0.717, 1.165) is 56.8 Å². The Labute approximate surface area is 176 Å². The number of guanidine groups is 1. The third-order valence-corrected chi connectivity index (χ3v) is 4.88. The summed E-state index contributed by atoms with van der Waals surface area (Å²) in [6, 6.07) is 2.84. The normalized spacial score (nSPS) is 18.5. The van der Waals surface area contributed by atoms with Crippen molar-refractivity contribution < 1.29 is 0 Å². The zero-order valence-electron chi connectivity index (χ0n) is 16.9. The Hall–Kier alpha value is -0.830. The lowest BCUT2D eigenvalue weighted by atomic mass is 10.0. The summed E-state index contributed by atoms with van der Waals surface area (Å²) in [5, 5.41) is 11.3. The topological polar surface area (TPSA) is 57.5 Å². The maximum absolute atomic E-state index is 4.70. The van der Waals surface area contributed by atoms with E-state index in [1.807, 2.05) is 6.92 Å². The third-order valence-electron chi connectivity index (χ3n) is 4.88. The number of aliphatic imine (C=N–C) groups is 1. The molecule has 0 amide bonds. The van der Waals surface area contributed by atoms with Gasteiger partial charge in [0.15, 0.2) is 5.96 Å². The van der Waals surface area contributed by atoms with Gasteiger partial charge in [0.2, 0.25) is 0 Å². The highest BCUT2D eigenvalue weighted by atomic mass is 127. The van der Waals surface area contributed by atoms with Gasteiger partial charge in [0.25, 0.3) is 0 Å². The minimum atomic E-state index is 0. The van der Waals surface area contributed by atoms with E-state index in [0.29, 0.717) is 0 Å². The predicted molar refractivity (Wildman–Crippen MR) is 121 cm³/mol. The molecule has 6 nitrogen and oxygen atoms in total. The molecule has 7 heteroatoms. The molecule has 0 bridgehead atoms. The molecule has 2 rings (SSSR count). The van der Waals surface area contributed by atoms with Crippen molar-refractivity contribution in [1.29, 1.82) is 0 Å². The van der Waals surface area contributed by atoms with Gasteiger partial charge in [0, 0.05) is 44.5 Å². The van der Waals surface area contributed by atoms with E-state index >= 15 is 0 Å². The van der Waals surface area contributed by atoms with Crippen LogP contribution >= 0.6 is 24.0 Å². The highest BCUT2D eigenvalue weighted by Crippen LogP contribution is 2.15. The second-order valence-electron chi connectivity index (χ2n) is 7.07. The Bertz CT molecular complexity index is 542. The van der Waals surface area contributed by atoms with Crippen molar-refractivity contribution in [1.82, 2.24) is 25.3 Å². The summed E-state index contributed by atoms with van der Waals surface area (Å²) in [6.07, 6.45) is 5.05. The van der Waals surface area contributed by atoms with Gasteiger partial charge in [-0.25, -0.2) is 0 Å². The summed E-state index contributed by atoms with van der Waals surface area (Å²) in [5.41, 5.74) is 2.31. The molecule has 150 valence electrons. The van der Waals surface area contributed by atoms with Crippen molar-refractivity contribution in [2.45, 2.75) is 66.0 Å². The molecule has 0 spiro atoms. The molecular weight excluding hydrogens is 439 g/mol. The van der Waals surface area contributed by atoms with Crippen LogP contribution in [0.1, 0.15) is 50.9 Å². The largest absolute Gasteiger partial charge is 0.357 e. The van der Waals surface area contributed by atoms with Gasteiger partial charge in [-0.2, -0.15) is 5.10 Å². The molecule has 0 aromatic carbocycles. The molecule has 1 unspecified atom stereocenters. The van der Waals surface area contributed by atoms with Crippen LogP contribution in [0.4, 0.5) is 0 Å². The van der Waals surface area contributed by atoms with Gasteiger partial charge in [-0.1, -0.05) is 6.42 Å². The van der Waals surface area contributed by atoms with E-state index in [1.165, 1.54) is 31.5 Å². The number of rotatable bonds is 8. The number of hydrogen-bond donors (Lipinski definition) is 2. The molecule has 1 fully saturated rings. The van der Waals surface area contributed by atoms with E-state index in [-0.39, 0.29) is 24.0 Å². The molecule has 2 heterocycles. The molecule has 1 saturated heterocycles. The van der Waals surface area contributed by atoms with Crippen molar-refractivity contribution in [2.75, 3.05) is 32.7 Å². The first-order valence-electron chi connectivity index (χ1n) is 9.87. The summed E-state index contributed by atoms with van der Waals surface area (Å²) in [6.45, 7) is 14.5. The molecule has 26 heavy (non-hydrogen) atoms. The Kier molecular flexibility index (Phi) is 11.2. The SMILES string of the molecule is CCNC(=NCCCn1nc(C)cc1C)NCCN1CCCCC1C.I. The zero-order chi connectivity index (χ0) is 18.1. The van der Waals surface area contributed by atoms with Crippen LogP contribution in [0, 0.1) is 13.8 Å². The molecule has 1 aromatic rings. The van der Waals surface area contributed by atoms with Crippen LogP contribution in [0.25, 0.3) is 0 Å². The number of halogens is 1. The van der Waals surface area contributed by atoms with E-state index in [4.69, 9.17) is 4.99 Å². The summed E-state index contributed by atoms with van der Waals surface area (Å²) in [7, 11) is 0. The Morgan fingerprint density at radius 2 is 2.08 bits per heavy atom. The van der Waals surface area contributed by atoms with Crippen molar-refractivity contribution in [3.05, 3.63) is 17.5 Å². The van der Waals surface area contributed by atoms with Crippen molar-refractivity contribution >= 4 is 29.9 Å². The average Bonchev–Trinajstić information content (AvgIpc) is 2.90. The highest BCUT2D eigenvalue weighted by molar-refractivity contribution is 14.0. The molecule has 0 radical (unpaired) electrons. The van der Waals surface area contributed by atoms with Crippen LogP contribution in [-0.2, 0) is 6.54 Å². The molecule has 1 aromatic heterocycles. The Morgan fingerprint density at radius 1 is 1.27 bits per heavy atom. The molecule has 0 saturated carbocycles. The van der Waals surface area contributed by atoms with Crippen LogP contribution in [0.5, 0.6) is 0 Å². The fraction of sp³-hybridized carbons (Fsp3) is 0.789. The van der Waals surface area contributed by atoms with E-state index in [9.17, 15) is 0 Å².